The van der Waals surface area contributed by atoms with E-state index in [-0.39, 0.29) is 59.5 Å². The Hall–Kier alpha value is -2.76. The molecule has 1 aliphatic heterocycles. The molecule has 180 valence electrons. The highest BCUT2D eigenvalue weighted by molar-refractivity contribution is 14.0. The van der Waals surface area contributed by atoms with Crippen LogP contribution in [0.2, 0.25) is 0 Å². The molecule has 2 N–H and O–H groups in total. The Bertz CT molecular complexity index is 1050. The minimum Gasteiger partial charge on any atom is -0.357 e. The van der Waals surface area contributed by atoms with Crippen molar-refractivity contribution < 1.29 is 9.59 Å². The molecule has 0 aromatic carbocycles. The maximum Gasteiger partial charge on any atom is 0.233 e. The molecule has 4 atom stereocenters. The summed E-state index contributed by atoms with van der Waals surface area (Å²) < 4.78 is 1.72. The molecule has 2 amide bonds. The van der Waals surface area contributed by atoms with Crippen molar-refractivity contribution in [2.24, 2.45) is 28.7 Å². The maximum absolute atomic E-state index is 12.8. The van der Waals surface area contributed by atoms with Gasteiger partial charge in [-0.1, -0.05) is 12.2 Å². The second-order valence-corrected chi connectivity index (χ2v) is 8.78. The third kappa shape index (κ3) is 4.73. The van der Waals surface area contributed by atoms with Gasteiger partial charge >= 0.3 is 0 Å². The fourth-order valence-corrected chi connectivity index (χ4v) is 5.23. The molecule has 0 radical (unpaired) electrons. The van der Waals surface area contributed by atoms with E-state index in [4.69, 9.17) is 0 Å². The Kier molecular flexibility index (Phi) is 7.64. The molecule has 0 spiro atoms. The average Bonchev–Trinajstić information content (AvgIpc) is 3.62. The summed E-state index contributed by atoms with van der Waals surface area (Å²) >= 11 is 0. The van der Waals surface area contributed by atoms with Crippen LogP contribution >= 0.6 is 24.0 Å². The molecule has 2 aromatic rings. The number of hydrogen-bond acceptors (Lipinski definition) is 5. The Morgan fingerprint density at radius 1 is 1.15 bits per heavy atom. The van der Waals surface area contributed by atoms with Crippen molar-refractivity contribution >= 4 is 41.8 Å². The van der Waals surface area contributed by atoms with Crippen molar-refractivity contribution in [2.45, 2.75) is 26.3 Å². The lowest BCUT2D eigenvalue weighted by Crippen LogP contribution is -2.40. The molecule has 1 saturated heterocycles. The number of nitrogens with one attached hydrogen (secondary N) is 2. The van der Waals surface area contributed by atoms with Crippen LogP contribution in [0.1, 0.15) is 25.3 Å². The van der Waals surface area contributed by atoms with Crippen LogP contribution in [0, 0.1) is 23.7 Å². The number of likely N-dealkylation sites (tertiary alicyclic amines) is 1. The molecule has 2 fully saturated rings. The number of aromatic nitrogens is 3. The van der Waals surface area contributed by atoms with E-state index in [1.165, 1.54) is 4.90 Å². The van der Waals surface area contributed by atoms with Crippen molar-refractivity contribution in [3.8, 4) is 5.82 Å². The van der Waals surface area contributed by atoms with Crippen molar-refractivity contribution in [3.63, 3.8) is 0 Å². The first-order valence-corrected chi connectivity index (χ1v) is 11.7. The quantitative estimate of drug-likeness (QED) is 0.125. The molecule has 5 rings (SSSR count). The van der Waals surface area contributed by atoms with Crippen LogP contribution in [0.15, 0.2) is 53.9 Å². The van der Waals surface area contributed by atoms with Crippen molar-refractivity contribution in [2.75, 3.05) is 19.6 Å². The molecule has 3 aliphatic rings. The summed E-state index contributed by atoms with van der Waals surface area (Å²) in [5.74, 6) is 1.77. The summed E-state index contributed by atoms with van der Waals surface area (Å²) in [6.45, 7) is 4.33. The lowest BCUT2D eigenvalue weighted by molar-refractivity contribution is -0.140. The highest BCUT2D eigenvalue weighted by Gasteiger charge is 2.58. The number of allylic oxidation sites excluding steroid dienone is 2. The number of carbonyl (C=O) groups is 2. The summed E-state index contributed by atoms with van der Waals surface area (Å²) in [5, 5.41) is 10.8. The van der Waals surface area contributed by atoms with E-state index in [9.17, 15) is 9.59 Å². The molecule has 10 heteroatoms. The van der Waals surface area contributed by atoms with Gasteiger partial charge in [-0.05, 0) is 55.4 Å². The smallest absolute Gasteiger partial charge is 0.233 e. The molecule has 2 bridgehead atoms. The third-order valence-electron chi connectivity index (χ3n) is 6.73. The van der Waals surface area contributed by atoms with E-state index in [0.29, 0.717) is 32.0 Å². The standard InChI is InChI=1S/C24H29N7O2.HI/c1-2-25-24(28-15-16-7-10-26-19(13-16)31-12-4-9-29-31)27-8-3-11-30-22(32)20-17-5-6-18(14-17)21(20)23(30)33;/h4-7,9-10,12-13,17-18,20-21H,2-3,8,11,14-15H2,1H3,(H2,25,27,28);1H. The van der Waals surface area contributed by atoms with E-state index in [2.05, 4.69) is 37.9 Å². The van der Waals surface area contributed by atoms with Crippen molar-refractivity contribution in [1.29, 1.82) is 0 Å². The van der Waals surface area contributed by atoms with Gasteiger partial charge in [0.2, 0.25) is 11.8 Å². The first-order chi connectivity index (χ1) is 16.2. The number of carbonyl (C=O) groups excluding carboxylic acids is 2. The third-order valence-corrected chi connectivity index (χ3v) is 6.73. The fourth-order valence-electron chi connectivity index (χ4n) is 5.23. The van der Waals surface area contributed by atoms with Crippen LogP contribution in [-0.2, 0) is 16.1 Å². The predicted octanol–water partition coefficient (Wildman–Crippen LogP) is 2.14. The van der Waals surface area contributed by atoms with Crippen LogP contribution in [0.25, 0.3) is 5.82 Å². The molecule has 4 unspecified atom stereocenters. The van der Waals surface area contributed by atoms with E-state index in [0.717, 1.165) is 24.3 Å². The lowest BCUT2D eigenvalue weighted by Gasteiger charge is -2.18. The highest BCUT2D eigenvalue weighted by atomic mass is 127. The Balaban J connectivity index is 0.00000274. The average molecular weight is 575 g/mol. The summed E-state index contributed by atoms with van der Waals surface area (Å²) in [7, 11) is 0. The number of hydrogen-bond donors (Lipinski definition) is 2. The SMILES string of the molecule is CCNC(=NCc1ccnc(-n2cccn2)c1)NCCCN1C(=O)C2C3C=CC(C3)C2C1=O.I. The van der Waals surface area contributed by atoms with Gasteiger partial charge in [0.25, 0.3) is 0 Å². The number of amides is 2. The van der Waals surface area contributed by atoms with Gasteiger partial charge < -0.3 is 10.6 Å². The molecule has 3 heterocycles. The van der Waals surface area contributed by atoms with Crippen molar-refractivity contribution in [1.82, 2.24) is 30.3 Å². The van der Waals surface area contributed by atoms with E-state index >= 15 is 0 Å². The molecule has 34 heavy (non-hydrogen) atoms. The zero-order valence-electron chi connectivity index (χ0n) is 19.1. The van der Waals surface area contributed by atoms with E-state index in [1.54, 1.807) is 17.1 Å². The van der Waals surface area contributed by atoms with Gasteiger partial charge in [0, 0.05) is 38.2 Å². The Morgan fingerprint density at radius 2 is 1.91 bits per heavy atom. The zero-order chi connectivity index (χ0) is 22.8. The molecule has 2 aromatic heterocycles. The molecule has 1 saturated carbocycles. The second-order valence-electron chi connectivity index (χ2n) is 8.78. The van der Waals surface area contributed by atoms with Gasteiger partial charge in [-0.25, -0.2) is 14.7 Å². The zero-order valence-corrected chi connectivity index (χ0v) is 21.5. The lowest BCUT2D eigenvalue weighted by atomic mass is 9.85. The van der Waals surface area contributed by atoms with Gasteiger partial charge in [0.15, 0.2) is 11.8 Å². The molecular formula is C24H30IN7O2. The summed E-state index contributed by atoms with van der Waals surface area (Å²) in [4.78, 5) is 36.1. The first-order valence-electron chi connectivity index (χ1n) is 11.7. The Morgan fingerprint density at radius 3 is 2.59 bits per heavy atom. The number of guanidine groups is 1. The van der Waals surface area contributed by atoms with Crippen LogP contribution in [0.5, 0.6) is 0 Å². The number of aliphatic imine (C=N–C) groups is 1. The molecular weight excluding hydrogens is 545 g/mol. The number of halogens is 1. The summed E-state index contributed by atoms with van der Waals surface area (Å²) in [5.41, 5.74) is 1.02. The minimum atomic E-state index is -0.119. The number of imide groups is 1. The number of fused-ring (bicyclic) bond motifs is 5. The number of nitrogens with zero attached hydrogens (tertiary/aromatic N) is 5. The number of rotatable bonds is 8. The van der Waals surface area contributed by atoms with Crippen LogP contribution in [0.4, 0.5) is 0 Å². The van der Waals surface area contributed by atoms with Gasteiger partial charge in [-0.15, -0.1) is 24.0 Å². The Labute approximate surface area is 216 Å². The van der Waals surface area contributed by atoms with Crippen LogP contribution < -0.4 is 10.6 Å². The highest BCUT2D eigenvalue weighted by Crippen LogP contribution is 2.52. The van der Waals surface area contributed by atoms with Crippen molar-refractivity contribution in [3.05, 3.63) is 54.5 Å². The minimum absolute atomic E-state index is 0. The van der Waals surface area contributed by atoms with Crippen LogP contribution in [-0.4, -0.2) is 57.1 Å². The van der Waals surface area contributed by atoms with Gasteiger partial charge in [-0.3, -0.25) is 14.5 Å². The molecule has 2 aliphatic carbocycles. The summed E-state index contributed by atoms with van der Waals surface area (Å²) in [6.07, 6.45) is 11.2. The summed E-state index contributed by atoms with van der Waals surface area (Å²) in [6, 6.07) is 5.75. The van der Waals surface area contributed by atoms with E-state index < -0.39 is 0 Å². The largest absolute Gasteiger partial charge is 0.357 e. The molecule has 9 nitrogen and oxygen atoms in total. The van der Waals surface area contributed by atoms with Crippen LogP contribution in [0.3, 0.4) is 0 Å². The maximum atomic E-state index is 12.8. The normalized spacial score (nSPS) is 25.0. The number of pyridine rings is 1. The van der Waals surface area contributed by atoms with Gasteiger partial charge in [0.1, 0.15) is 0 Å². The topological polar surface area (TPSA) is 105 Å². The monoisotopic (exact) mass is 575 g/mol. The van der Waals surface area contributed by atoms with E-state index in [1.807, 2.05) is 31.3 Å². The first kappa shape index (κ1) is 24.4. The van der Waals surface area contributed by atoms with Gasteiger partial charge in [-0.2, -0.15) is 5.10 Å². The second kappa shape index (κ2) is 10.7. The van der Waals surface area contributed by atoms with Gasteiger partial charge in [0.05, 0.1) is 18.4 Å². The fraction of sp³-hybridized carbons (Fsp3) is 0.458. The predicted molar refractivity (Wildman–Crippen MR) is 139 cm³/mol.